The molecule has 10 heteroatoms. The van der Waals surface area contributed by atoms with Gasteiger partial charge < -0.3 is 9.80 Å². The number of aromatic nitrogens is 1. The Morgan fingerprint density at radius 3 is 2.50 bits per heavy atom. The number of carbonyl (C=O) groups is 2. The SMILES string of the molecule is O=C1[C@H]2CCCCN2C(=O)N1CCS(=O)(=O)N1CCN(c2ccccn2)CC1. The average Bonchev–Trinajstić information content (AvgIpc) is 2.98. The van der Waals surface area contributed by atoms with Crippen molar-refractivity contribution in [1.82, 2.24) is 19.1 Å². The first-order chi connectivity index (χ1) is 13.5. The zero-order valence-corrected chi connectivity index (χ0v) is 16.6. The number of carbonyl (C=O) groups excluding carboxylic acids is 2. The molecule has 0 N–H and O–H groups in total. The van der Waals surface area contributed by atoms with Crippen LogP contribution in [0.25, 0.3) is 0 Å². The Hall–Kier alpha value is -2.20. The van der Waals surface area contributed by atoms with E-state index in [2.05, 4.69) is 9.88 Å². The highest BCUT2D eigenvalue weighted by Crippen LogP contribution is 2.26. The first-order valence-corrected chi connectivity index (χ1v) is 11.3. The number of amides is 3. The fraction of sp³-hybridized carbons (Fsp3) is 0.611. The normalized spacial score (nSPS) is 24.0. The van der Waals surface area contributed by atoms with Gasteiger partial charge in [0.25, 0.3) is 5.91 Å². The van der Waals surface area contributed by atoms with Crippen molar-refractivity contribution < 1.29 is 18.0 Å². The molecule has 152 valence electrons. The summed E-state index contributed by atoms with van der Waals surface area (Å²) in [4.78, 5) is 34.0. The van der Waals surface area contributed by atoms with Gasteiger partial charge in [0.05, 0.1) is 5.75 Å². The standard InChI is InChI=1S/C18H25N5O4S/c24-17-15-5-2-4-8-22(15)18(25)23(17)13-14-28(26,27)21-11-9-20(10-12-21)16-6-1-3-7-19-16/h1,3,6-7,15H,2,4-5,8-14H2/t15-/m1/s1. The fourth-order valence-electron chi connectivity index (χ4n) is 4.12. The van der Waals surface area contributed by atoms with Crippen molar-refractivity contribution in [2.45, 2.75) is 25.3 Å². The maximum Gasteiger partial charge on any atom is 0.327 e. The summed E-state index contributed by atoms with van der Waals surface area (Å²) in [5.41, 5.74) is 0. The number of urea groups is 1. The largest absolute Gasteiger partial charge is 0.354 e. The number of fused-ring (bicyclic) bond motifs is 1. The summed E-state index contributed by atoms with van der Waals surface area (Å²) in [6, 6.07) is 4.92. The molecule has 4 rings (SSSR count). The number of piperazine rings is 1. The molecular formula is C18H25N5O4S. The molecule has 1 aromatic heterocycles. The van der Waals surface area contributed by atoms with E-state index in [0.717, 1.165) is 23.6 Å². The second-order valence-corrected chi connectivity index (χ2v) is 9.46. The molecule has 9 nitrogen and oxygen atoms in total. The summed E-state index contributed by atoms with van der Waals surface area (Å²) in [5.74, 6) is 0.360. The van der Waals surface area contributed by atoms with Gasteiger partial charge in [-0.3, -0.25) is 9.69 Å². The van der Waals surface area contributed by atoms with Crippen LogP contribution in [0.2, 0.25) is 0 Å². The monoisotopic (exact) mass is 407 g/mol. The molecule has 0 bridgehead atoms. The number of sulfonamides is 1. The van der Waals surface area contributed by atoms with E-state index in [1.807, 2.05) is 18.2 Å². The number of anilines is 1. The van der Waals surface area contributed by atoms with Gasteiger partial charge in [0.2, 0.25) is 10.0 Å². The third-order valence-corrected chi connectivity index (χ3v) is 7.56. The molecule has 0 radical (unpaired) electrons. The van der Waals surface area contributed by atoms with Crippen LogP contribution in [0.3, 0.4) is 0 Å². The summed E-state index contributed by atoms with van der Waals surface area (Å²) < 4.78 is 26.9. The number of piperidine rings is 1. The predicted molar refractivity (Wildman–Crippen MR) is 103 cm³/mol. The fourth-order valence-corrected chi connectivity index (χ4v) is 5.52. The Kier molecular flexibility index (Phi) is 5.24. The molecule has 3 fully saturated rings. The summed E-state index contributed by atoms with van der Waals surface area (Å²) in [5, 5.41) is 0. The summed E-state index contributed by atoms with van der Waals surface area (Å²) >= 11 is 0. The predicted octanol–water partition coefficient (Wildman–Crippen LogP) is 0.350. The van der Waals surface area contributed by atoms with Crippen molar-refractivity contribution in [1.29, 1.82) is 0 Å². The third kappa shape index (κ3) is 3.58. The summed E-state index contributed by atoms with van der Waals surface area (Å²) in [6.07, 6.45) is 4.20. The van der Waals surface area contributed by atoms with Crippen LogP contribution in [-0.2, 0) is 14.8 Å². The molecule has 3 amide bonds. The second-order valence-electron chi connectivity index (χ2n) is 7.37. The quantitative estimate of drug-likeness (QED) is 0.654. The Balaban J connectivity index is 1.34. The number of nitrogens with zero attached hydrogens (tertiary/aromatic N) is 5. The van der Waals surface area contributed by atoms with Crippen molar-refractivity contribution >= 4 is 27.8 Å². The van der Waals surface area contributed by atoms with Crippen LogP contribution in [-0.4, -0.2) is 90.5 Å². The van der Waals surface area contributed by atoms with E-state index in [0.29, 0.717) is 39.1 Å². The van der Waals surface area contributed by atoms with Gasteiger partial charge in [-0.05, 0) is 31.4 Å². The van der Waals surface area contributed by atoms with Crippen LogP contribution in [0.15, 0.2) is 24.4 Å². The van der Waals surface area contributed by atoms with E-state index >= 15 is 0 Å². The highest BCUT2D eigenvalue weighted by molar-refractivity contribution is 7.89. The molecule has 1 aromatic rings. The van der Waals surface area contributed by atoms with Gasteiger partial charge in [-0.2, -0.15) is 4.31 Å². The number of rotatable bonds is 5. The lowest BCUT2D eigenvalue weighted by Gasteiger charge is -2.34. The molecule has 0 aromatic carbocycles. The molecule has 3 saturated heterocycles. The Labute approximate surface area is 165 Å². The maximum atomic E-state index is 12.7. The number of pyridine rings is 1. The van der Waals surface area contributed by atoms with E-state index in [4.69, 9.17) is 0 Å². The van der Waals surface area contributed by atoms with Crippen molar-refractivity contribution in [3.8, 4) is 0 Å². The number of imide groups is 1. The Bertz CT molecular complexity index is 815. The van der Waals surface area contributed by atoms with Gasteiger partial charge in [0.1, 0.15) is 11.9 Å². The lowest BCUT2D eigenvalue weighted by Crippen LogP contribution is -2.50. The highest BCUT2D eigenvalue weighted by atomic mass is 32.2. The van der Waals surface area contributed by atoms with Crippen LogP contribution < -0.4 is 4.90 Å². The first-order valence-electron chi connectivity index (χ1n) is 9.73. The van der Waals surface area contributed by atoms with Gasteiger partial charge in [-0.1, -0.05) is 6.07 Å². The van der Waals surface area contributed by atoms with Crippen LogP contribution in [0, 0.1) is 0 Å². The molecule has 3 aliphatic rings. The lowest BCUT2D eigenvalue weighted by atomic mass is 10.0. The van der Waals surface area contributed by atoms with Gasteiger partial charge in [0.15, 0.2) is 0 Å². The summed E-state index contributed by atoms with van der Waals surface area (Å²) in [6.45, 7) is 2.37. The van der Waals surface area contributed by atoms with E-state index in [-0.39, 0.29) is 24.2 Å². The first kappa shape index (κ1) is 19.1. The van der Waals surface area contributed by atoms with Crippen LogP contribution >= 0.6 is 0 Å². The van der Waals surface area contributed by atoms with Gasteiger partial charge >= 0.3 is 6.03 Å². The minimum Gasteiger partial charge on any atom is -0.354 e. The molecule has 0 unspecified atom stereocenters. The van der Waals surface area contributed by atoms with E-state index in [1.165, 1.54) is 4.31 Å². The average molecular weight is 407 g/mol. The zero-order valence-electron chi connectivity index (χ0n) is 15.7. The molecule has 0 saturated carbocycles. The minimum absolute atomic E-state index is 0.0759. The molecule has 4 heterocycles. The molecule has 0 spiro atoms. The molecular weight excluding hydrogens is 382 g/mol. The van der Waals surface area contributed by atoms with E-state index in [9.17, 15) is 18.0 Å². The highest BCUT2D eigenvalue weighted by Gasteiger charge is 2.46. The number of hydrogen-bond acceptors (Lipinski definition) is 6. The summed E-state index contributed by atoms with van der Waals surface area (Å²) in [7, 11) is -3.53. The number of hydrogen-bond donors (Lipinski definition) is 0. The Morgan fingerprint density at radius 1 is 1.04 bits per heavy atom. The molecule has 3 aliphatic heterocycles. The van der Waals surface area contributed by atoms with Crippen molar-refractivity contribution in [2.24, 2.45) is 0 Å². The second kappa shape index (κ2) is 7.67. The third-order valence-electron chi connectivity index (χ3n) is 5.71. The zero-order chi connectivity index (χ0) is 19.7. The molecule has 1 atom stereocenters. The van der Waals surface area contributed by atoms with Gasteiger partial charge in [-0.15, -0.1) is 0 Å². The van der Waals surface area contributed by atoms with Gasteiger partial charge in [0, 0.05) is 45.5 Å². The van der Waals surface area contributed by atoms with Crippen LogP contribution in [0.1, 0.15) is 19.3 Å². The van der Waals surface area contributed by atoms with Crippen molar-refractivity contribution in [3.05, 3.63) is 24.4 Å². The maximum absolute atomic E-state index is 12.7. The Morgan fingerprint density at radius 2 is 1.82 bits per heavy atom. The molecule has 28 heavy (non-hydrogen) atoms. The lowest BCUT2D eigenvalue weighted by molar-refractivity contribution is -0.128. The van der Waals surface area contributed by atoms with Gasteiger partial charge in [-0.25, -0.2) is 18.2 Å². The van der Waals surface area contributed by atoms with E-state index in [1.54, 1.807) is 11.1 Å². The van der Waals surface area contributed by atoms with Crippen LogP contribution in [0.4, 0.5) is 10.6 Å². The smallest absolute Gasteiger partial charge is 0.327 e. The van der Waals surface area contributed by atoms with Crippen molar-refractivity contribution in [3.63, 3.8) is 0 Å². The topological polar surface area (TPSA) is 94.1 Å². The van der Waals surface area contributed by atoms with Crippen molar-refractivity contribution in [2.75, 3.05) is 49.9 Å². The molecule has 0 aliphatic carbocycles. The van der Waals surface area contributed by atoms with E-state index < -0.39 is 16.1 Å². The minimum atomic E-state index is -3.53. The van der Waals surface area contributed by atoms with Crippen LogP contribution in [0.5, 0.6) is 0 Å².